The topological polar surface area (TPSA) is 9.23 Å². The van der Waals surface area contributed by atoms with Crippen molar-refractivity contribution in [3.63, 3.8) is 0 Å². The number of halogens is 1. The van der Waals surface area contributed by atoms with E-state index in [1.54, 1.807) is 0 Å². The Morgan fingerprint density at radius 3 is 2.00 bits per heavy atom. The number of hydrogen-bond acceptors (Lipinski definition) is 1. The van der Waals surface area contributed by atoms with Crippen molar-refractivity contribution in [3.05, 3.63) is 35.6 Å². The smallest absolute Gasteiger partial charge is 0.123 e. The summed E-state index contributed by atoms with van der Waals surface area (Å²) in [6, 6.07) is 6.62. The van der Waals surface area contributed by atoms with Crippen LogP contribution in [0.3, 0.4) is 0 Å². The second kappa shape index (κ2) is 5.26. The Morgan fingerprint density at radius 1 is 1.07 bits per heavy atom. The Labute approximate surface area is 91.3 Å². The highest BCUT2D eigenvalue weighted by molar-refractivity contribution is 5.23. The fourth-order valence-electron chi connectivity index (χ4n) is 1.98. The summed E-state index contributed by atoms with van der Waals surface area (Å²) in [6.07, 6.45) is 1.81. The average Bonchev–Trinajstić information content (AvgIpc) is 2.27. The molecule has 0 saturated heterocycles. The average molecular weight is 210 g/mol. The lowest BCUT2D eigenvalue weighted by Gasteiger charge is -2.32. The molecule has 0 aliphatic heterocycles. The Bertz CT molecular complexity index is 288. The zero-order chi connectivity index (χ0) is 11.3. The number of ether oxygens (including phenoxy) is 1. The molecule has 1 aromatic rings. The maximum Gasteiger partial charge on any atom is 0.123 e. The van der Waals surface area contributed by atoms with Crippen molar-refractivity contribution >= 4 is 0 Å². The molecule has 0 saturated carbocycles. The molecule has 0 aliphatic carbocycles. The Hall–Kier alpha value is -0.890. The van der Waals surface area contributed by atoms with Crippen molar-refractivity contribution in [1.82, 2.24) is 0 Å². The molecule has 2 heteroatoms. The fourth-order valence-corrected chi connectivity index (χ4v) is 1.98. The number of benzene rings is 1. The van der Waals surface area contributed by atoms with E-state index < -0.39 is 0 Å². The third-order valence-electron chi connectivity index (χ3n) is 2.93. The molecule has 0 atom stereocenters. The van der Waals surface area contributed by atoms with E-state index in [0.717, 1.165) is 18.4 Å². The first kappa shape index (κ1) is 12.2. The summed E-state index contributed by atoms with van der Waals surface area (Å²) in [5, 5.41) is 0. The molecule has 0 radical (unpaired) electrons. The summed E-state index contributed by atoms with van der Waals surface area (Å²) >= 11 is 0. The first-order valence-corrected chi connectivity index (χ1v) is 5.58. The second-order valence-corrected chi connectivity index (χ2v) is 3.64. The van der Waals surface area contributed by atoms with Crippen LogP contribution in [0.15, 0.2) is 24.3 Å². The van der Waals surface area contributed by atoms with Gasteiger partial charge in [0, 0.05) is 6.61 Å². The number of hydrogen-bond donors (Lipinski definition) is 0. The molecule has 0 amide bonds. The maximum atomic E-state index is 12.8. The highest BCUT2D eigenvalue weighted by Gasteiger charge is 2.28. The fraction of sp³-hybridized carbons (Fsp3) is 0.538. The van der Waals surface area contributed by atoms with Crippen molar-refractivity contribution in [2.24, 2.45) is 0 Å². The van der Waals surface area contributed by atoms with E-state index in [2.05, 4.69) is 13.8 Å². The van der Waals surface area contributed by atoms with Gasteiger partial charge in [0.25, 0.3) is 0 Å². The van der Waals surface area contributed by atoms with Gasteiger partial charge in [0.05, 0.1) is 5.60 Å². The van der Waals surface area contributed by atoms with E-state index in [1.165, 1.54) is 12.1 Å². The minimum atomic E-state index is -0.248. The van der Waals surface area contributed by atoms with Gasteiger partial charge in [-0.1, -0.05) is 26.0 Å². The number of rotatable bonds is 5. The molecule has 0 N–H and O–H groups in total. The molecular formula is C13H19FO. The van der Waals surface area contributed by atoms with Crippen LogP contribution in [0, 0.1) is 5.82 Å². The molecule has 0 unspecified atom stereocenters. The molecular weight excluding hydrogens is 191 g/mol. The maximum absolute atomic E-state index is 12.8. The molecule has 84 valence electrons. The monoisotopic (exact) mass is 210 g/mol. The third kappa shape index (κ3) is 2.57. The van der Waals surface area contributed by atoms with Crippen LogP contribution in [0.1, 0.15) is 39.2 Å². The molecule has 0 bridgehead atoms. The summed E-state index contributed by atoms with van der Waals surface area (Å²) in [4.78, 5) is 0. The van der Waals surface area contributed by atoms with Crippen molar-refractivity contribution in [3.8, 4) is 0 Å². The Balaban J connectivity index is 3.02. The summed E-state index contributed by atoms with van der Waals surface area (Å²) < 4.78 is 18.7. The van der Waals surface area contributed by atoms with Crippen LogP contribution >= 0.6 is 0 Å². The van der Waals surface area contributed by atoms with Crippen LogP contribution in [-0.4, -0.2) is 6.61 Å². The van der Waals surface area contributed by atoms with Gasteiger partial charge in [-0.3, -0.25) is 0 Å². The highest BCUT2D eigenvalue weighted by atomic mass is 19.1. The normalized spacial score (nSPS) is 11.7. The first-order chi connectivity index (χ1) is 7.18. The van der Waals surface area contributed by atoms with Gasteiger partial charge in [0.2, 0.25) is 0 Å². The van der Waals surface area contributed by atoms with E-state index in [4.69, 9.17) is 4.74 Å². The SMILES string of the molecule is CCOC(CC)(CC)c1ccc(F)cc1. The van der Waals surface area contributed by atoms with Gasteiger partial charge in [0.15, 0.2) is 0 Å². The quantitative estimate of drug-likeness (QED) is 0.716. The molecule has 0 fully saturated rings. The van der Waals surface area contributed by atoms with Gasteiger partial charge in [-0.15, -0.1) is 0 Å². The van der Waals surface area contributed by atoms with E-state index in [1.807, 2.05) is 19.1 Å². The second-order valence-electron chi connectivity index (χ2n) is 3.64. The summed E-state index contributed by atoms with van der Waals surface area (Å²) in [5.41, 5.74) is 0.818. The van der Waals surface area contributed by atoms with Crippen LogP contribution in [0.4, 0.5) is 4.39 Å². The Morgan fingerprint density at radius 2 is 1.60 bits per heavy atom. The summed E-state index contributed by atoms with van der Waals surface area (Å²) in [7, 11) is 0. The minimum absolute atomic E-state index is 0.198. The zero-order valence-corrected chi connectivity index (χ0v) is 9.72. The molecule has 0 aromatic heterocycles. The van der Waals surface area contributed by atoms with Crippen LogP contribution < -0.4 is 0 Å². The molecule has 0 heterocycles. The largest absolute Gasteiger partial charge is 0.371 e. The molecule has 15 heavy (non-hydrogen) atoms. The third-order valence-corrected chi connectivity index (χ3v) is 2.93. The van der Waals surface area contributed by atoms with E-state index in [9.17, 15) is 4.39 Å². The van der Waals surface area contributed by atoms with Gasteiger partial charge in [-0.25, -0.2) is 4.39 Å². The Kier molecular flexibility index (Phi) is 4.28. The molecule has 0 spiro atoms. The van der Waals surface area contributed by atoms with E-state index >= 15 is 0 Å². The van der Waals surface area contributed by atoms with Crippen LogP contribution in [0.2, 0.25) is 0 Å². The predicted octanol–water partition coefficient (Wildman–Crippen LogP) is 3.88. The van der Waals surface area contributed by atoms with Crippen LogP contribution in [0.25, 0.3) is 0 Å². The summed E-state index contributed by atoms with van der Waals surface area (Å²) in [6.45, 7) is 6.87. The lowest BCUT2D eigenvalue weighted by atomic mass is 9.88. The van der Waals surface area contributed by atoms with Gasteiger partial charge in [0.1, 0.15) is 5.82 Å². The molecule has 1 rings (SSSR count). The van der Waals surface area contributed by atoms with Crippen molar-refractivity contribution in [2.75, 3.05) is 6.61 Å². The van der Waals surface area contributed by atoms with Crippen molar-refractivity contribution in [1.29, 1.82) is 0 Å². The molecule has 1 nitrogen and oxygen atoms in total. The zero-order valence-electron chi connectivity index (χ0n) is 9.72. The van der Waals surface area contributed by atoms with Gasteiger partial charge in [-0.2, -0.15) is 0 Å². The molecule has 1 aromatic carbocycles. The van der Waals surface area contributed by atoms with Crippen molar-refractivity contribution in [2.45, 2.75) is 39.2 Å². The van der Waals surface area contributed by atoms with E-state index in [-0.39, 0.29) is 11.4 Å². The van der Waals surface area contributed by atoms with Gasteiger partial charge < -0.3 is 4.74 Å². The van der Waals surface area contributed by atoms with Gasteiger partial charge >= 0.3 is 0 Å². The lowest BCUT2D eigenvalue weighted by Crippen LogP contribution is -2.28. The summed E-state index contributed by atoms with van der Waals surface area (Å²) in [5.74, 6) is -0.198. The lowest BCUT2D eigenvalue weighted by molar-refractivity contribution is -0.0505. The predicted molar refractivity (Wildman–Crippen MR) is 60.3 cm³/mol. The van der Waals surface area contributed by atoms with Crippen molar-refractivity contribution < 1.29 is 9.13 Å². The van der Waals surface area contributed by atoms with Gasteiger partial charge in [-0.05, 0) is 37.5 Å². The molecule has 0 aliphatic rings. The van der Waals surface area contributed by atoms with Crippen LogP contribution in [-0.2, 0) is 10.3 Å². The first-order valence-electron chi connectivity index (χ1n) is 5.58. The highest BCUT2D eigenvalue weighted by Crippen LogP contribution is 2.32. The van der Waals surface area contributed by atoms with Crippen LogP contribution in [0.5, 0.6) is 0 Å². The standard InChI is InChI=1S/C13H19FO/c1-4-13(5-2,15-6-3)11-7-9-12(14)10-8-11/h7-10H,4-6H2,1-3H3. The van der Waals surface area contributed by atoms with E-state index in [0.29, 0.717) is 6.61 Å². The minimum Gasteiger partial charge on any atom is -0.371 e.